The second-order valence-corrected chi connectivity index (χ2v) is 4.18. The Labute approximate surface area is 87.3 Å². The summed E-state index contributed by atoms with van der Waals surface area (Å²) in [4.78, 5) is 0. The SMILES string of the molecule is CC(C)NCCCCc1cccn1C. The molecule has 0 aliphatic heterocycles. The van der Waals surface area contributed by atoms with Gasteiger partial charge in [0.2, 0.25) is 0 Å². The quantitative estimate of drug-likeness (QED) is 0.688. The monoisotopic (exact) mass is 194 g/mol. The first kappa shape index (κ1) is 11.3. The number of aryl methyl sites for hydroxylation is 2. The van der Waals surface area contributed by atoms with Crippen molar-refractivity contribution in [1.29, 1.82) is 0 Å². The summed E-state index contributed by atoms with van der Waals surface area (Å²) in [7, 11) is 2.11. The molecule has 1 aromatic rings. The predicted octanol–water partition coefficient (Wildman–Crippen LogP) is 2.35. The van der Waals surface area contributed by atoms with Gasteiger partial charge in [0.15, 0.2) is 0 Å². The molecule has 0 fully saturated rings. The van der Waals surface area contributed by atoms with Gasteiger partial charge in [-0.3, -0.25) is 0 Å². The van der Waals surface area contributed by atoms with Crippen molar-refractivity contribution in [3.05, 3.63) is 24.0 Å². The molecular weight excluding hydrogens is 172 g/mol. The highest BCUT2D eigenvalue weighted by atomic mass is 14.9. The molecular formula is C12H22N2. The summed E-state index contributed by atoms with van der Waals surface area (Å²) >= 11 is 0. The zero-order valence-electron chi connectivity index (χ0n) is 9.59. The van der Waals surface area contributed by atoms with Crippen LogP contribution in [0, 0.1) is 0 Å². The number of hydrogen-bond acceptors (Lipinski definition) is 1. The fraction of sp³-hybridized carbons (Fsp3) is 0.667. The van der Waals surface area contributed by atoms with Crippen LogP contribution in [-0.2, 0) is 13.5 Å². The predicted molar refractivity (Wildman–Crippen MR) is 61.5 cm³/mol. The minimum absolute atomic E-state index is 0.616. The summed E-state index contributed by atoms with van der Waals surface area (Å²) < 4.78 is 2.20. The van der Waals surface area contributed by atoms with E-state index in [-0.39, 0.29) is 0 Å². The van der Waals surface area contributed by atoms with Crippen molar-refractivity contribution >= 4 is 0 Å². The van der Waals surface area contributed by atoms with E-state index in [2.05, 4.69) is 49.1 Å². The second kappa shape index (κ2) is 5.86. The van der Waals surface area contributed by atoms with Crippen molar-refractivity contribution in [2.24, 2.45) is 7.05 Å². The lowest BCUT2D eigenvalue weighted by atomic mass is 10.2. The molecule has 0 spiro atoms. The Bertz CT molecular complexity index is 251. The van der Waals surface area contributed by atoms with Gasteiger partial charge in [-0.05, 0) is 37.9 Å². The average Bonchev–Trinajstić information content (AvgIpc) is 2.51. The van der Waals surface area contributed by atoms with E-state index in [1.54, 1.807) is 0 Å². The molecule has 0 amide bonds. The molecule has 1 aromatic heterocycles. The maximum atomic E-state index is 3.43. The van der Waals surface area contributed by atoms with Gasteiger partial charge in [0.25, 0.3) is 0 Å². The van der Waals surface area contributed by atoms with Crippen LogP contribution in [0.2, 0.25) is 0 Å². The van der Waals surface area contributed by atoms with Gasteiger partial charge in [0, 0.05) is 25.0 Å². The molecule has 0 radical (unpaired) electrons. The molecule has 0 saturated heterocycles. The van der Waals surface area contributed by atoms with Crippen molar-refractivity contribution in [3.63, 3.8) is 0 Å². The molecule has 2 heteroatoms. The molecule has 0 aromatic carbocycles. The highest BCUT2D eigenvalue weighted by molar-refractivity contribution is 5.06. The fourth-order valence-corrected chi connectivity index (χ4v) is 1.58. The van der Waals surface area contributed by atoms with Crippen LogP contribution in [0.1, 0.15) is 32.4 Å². The van der Waals surface area contributed by atoms with E-state index in [0.717, 1.165) is 6.54 Å². The van der Waals surface area contributed by atoms with Gasteiger partial charge in [-0.15, -0.1) is 0 Å². The molecule has 2 nitrogen and oxygen atoms in total. The lowest BCUT2D eigenvalue weighted by Gasteiger charge is -2.07. The van der Waals surface area contributed by atoms with Gasteiger partial charge in [-0.2, -0.15) is 0 Å². The Hall–Kier alpha value is -0.760. The maximum absolute atomic E-state index is 3.43. The van der Waals surface area contributed by atoms with E-state index >= 15 is 0 Å². The smallest absolute Gasteiger partial charge is 0.0171 e. The van der Waals surface area contributed by atoms with Crippen molar-refractivity contribution in [3.8, 4) is 0 Å². The van der Waals surface area contributed by atoms with Gasteiger partial charge in [0.1, 0.15) is 0 Å². The van der Waals surface area contributed by atoms with Gasteiger partial charge in [-0.1, -0.05) is 13.8 Å². The Morgan fingerprint density at radius 3 is 2.71 bits per heavy atom. The Balaban J connectivity index is 2.08. The molecule has 0 aliphatic rings. The van der Waals surface area contributed by atoms with Gasteiger partial charge in [0.05, 0.1) is 0 Å². The van der Waals surface area contributed by atoms with Crippen LogP contribution < -0.4 is 5.32 Å². The van der Waals surface area contributed by atoms with Gasteiger partial charge >= 0.3 is 0 Å². The zero-order chi connectivity index (χ0) is 10.4. The average molecular weight is 194 g/mol. The fourth-order valence-electron chi connectivity index (χ4n) is 1.58. The number of nitrogens with zero attached hydrogens (tertiary/aromatic N) is 1. The van der Waals surface area contributed by atoms with Gasteiger partial charge in [-0.25, -0.2) is 0 Å². The standard InChI is InChI=1S/C12H22N2/c1-11(2)13-9-5-4-7-12-8-6-10-14(12)3/h6,8,10-11,13H,4-5,7,9H2,1-3H3. The molecule has 80 valence electrons. The first-order valence-corrected chi connectivity index (χ1v) is 5.53. The summed E-state index contributed by atoms with van der Waals surface area (Å²) in [5, 5.41) is 3.43. The van der Waals surface area contributed by atoms with Crippen LogP contribution in [0.15, 0.2) is 18.3 Å². The maximum Gasteiger partial charge on any atom is 0.0171 e. The molecule has 1 heterocycles. The molecule has 14 heavy (non-hydrogen) atoms. The summed E-state index contributed by atoms with van der Waals surface area (Å²) in [6.07, 6.45) is 5.85. The summed E-state index contributed by atoms with van der Waals surface area (Å²) in [5.74, 6) is 0. The van der Waals surface area contributed by atoms with E-state index in [9.17, 15) is 0 Å². The highest BCUT2D eigenvalue weighted by Crippen LogP contribution is 2.04. The van der Waals surface area contributed by atoms with E-state index < -0.39 is 0 Å². The van der Waals surface area contributed by atoms with Crippen LogP contribution in [0.3, 0.4) is 0 Å². The molecule has 0 aliphatic carbocycles. The Morgan fingerprint density at radius 1 is 1.36 bits per heavy atom. The van der Waals surface area contributed by atoms with Crippen LogP contribution in [-0.4, -0.2) is 17.2 Å². The van der Waals surface area contributed by atoms with E-state index in [1.807, 2.05) is 0 Å². The number of nitrogens with one attached hydrogen (secondary N) is 1. The van der Waals surface area contributed by atoms with Crippen LogP contribution >= 0.6 is 0 Å². The van der Waals surface area contributed by atoms with Crippen LogP contribution in [0.25, 0.3) is 0 Å². The van der Waals surface area contributed by atoms with E-state index in [1.165, 1.54) is 25.0 Å². The normalized spacial score (nSPS) is 11.1. The highest BCUT2D eigenvalue weighted by Gasteiger charge is 1.97. The summed E-state index contributed by atoms with van der Waals surface area (Å²) in [5.41, 5.74) is 1.44. The zero-order valence-corrected chi connectivity index (χ0v) is 9.59. The van der Waals surface area contributed by atoms with Crippen LogP contribution in [0.4, 0.5) is 0 Å². The van der Waals surface area contributed by atoms with Crippen molar-refractivity contribution in [2.75, 3.05) is 6.54 Å². The minimum Gasteiger partial charge on any atom is -0.354 e. The largest absolute Gasteiger partial charge is 0.354 e. The number of hydrogen-bond donors (Lipinski definition) is 1. The minimum atomic E-state index is 0.616. The number of unbranched alkanes of at least 4 members (excludes halogenated alkanes) is 1. The number of aromatic nitrogens is 1. The van der Waals surface area contributed by atoms with Crippen molar-refractivity contribution in [1.82, 2.24) is 9.88 Å². The first-order valence-electron chi connectivity index (χ1n) is 5.53. The molecule has 0 unspecified atom stereocenters. The van der Waals surface area contributed by atoms with Crippen molar-refractivity contribution in [2.45, 2.75) is 39.2 Å². The molecule has 1 N–H and O–H groups in total. The lowest BCUT2D eigenvalue weighted by Crippen LogP contribution is -2.23. The Kier molecular flexibility index (Phi) is 4.74. The number of rotatable bonds is 6. The third-order valence-electron chi connectivity index (χ3n) is 2.46. The van der Waals surface area contributed by atoms with E-state index in [0.29, 0.717) is 6.04 Å². The molecule has 0 bridgehead atoms. The second-order valence-electron chi connectivity index (χ2n) is 4.18. The van der Waals surface area contributed by atoms with E-state index in [4.69, 9.17) is 0 Å². The van der Waals surface area contributed by atoms with Gasteiger partial charge < -0.3 is 9.88 Å². The summed E-state index contributed by atoms with van der Waals surface area (Å²) in [6.45, 7) is 5.52. The topological polar surface area (TPSA) is 17.0 Å². The van der Waals surface area contributed by atoms with Crippen LogP contribution in [0.5, 0.6) is 0 Å². The first-order chi connectivity index (χ1) is 6.70. The van der Waals surface area contributed by atoms with Crippen molar-refractivity contribution < 1.29 is 0 Å². The third kappa shape index (κ3) is 3.97. The molecule has 0 saturated carbocycles. The molecule has 0 atom stereocenters. The summed E-state index contributed by atoms with van der Waals surface area (Å²) in [6, 6.07) is 4.93. The third-order valence-corrected chi connectivity index (χ3v) is 2.46. The molecule has 1 rings (SSSR count). The lowest BCUT2D eigenvalue weighted by molar-refractivity contribution is 0.554. The Morgan fingerprint density at radius 2 is 2.14 bits per heavy atom.